The van der Waals surface area contributed by atoms with Crippen LogP contribution in [0.2, 0.25) is 0 Å². The molecule has 2 rings (SSSR count). The van der Waals surface area contributed by atoms with Crippen LogP contribution in [0.3, 0.4) is 0 Å². The second kappa shape index (κ2) is 10.6. The van der Waals surface area contributed by atoms with E-state index in [0.29, 0.717) is 18.1 Å². The van der Waals surface area contributed by atoms with Crippen LogP contribution >= 0.6 is 0 Å². The Labute approximate surface area is 163 Å². The zero-order valence-electron chi connectivity index (χ0n) is 16.1. The summed E-state index contributed by atoms with van der Waals surface area (Å²) in [6.07, 6.45) is 0. The van der Waals surface area contributed by atoms with Crippen LogP contribution in [0.15, 0.2) is 53.5 Å². The summed E-state index contributed by atoms with van der Waals surface area (Å²) < 4.78 is 42.8. The number of likely N-dealkylation sites (N-methyl/N-ethyl adjacent to an activating group) is 1. The van der Waals surface area contributed by atoms with Crippen LogP contribution < -0.4 is 15.4 Å². The SMILES string of the molecule is CN=C(NCc1ccccc1OC(F)F)NCC(c1ccc(F)cc1)N(C)C. The van der Waals surface area contributed by atoms with Gasteiger partial charge in [-0.05, 0) is 37.9 Å². The second-order valence-corrected chi connectivity index (χ2v) is 6.32. The summed E-state index contributed by atoms with van der Waals surface area (Å²) in [6, 6.07) is 12.9. The minimum absolute atomic E-state index is 0.00592. The maximum absolute atomic E-state index is 13.2. The highest BCUT2D eigenvalue weighted by molar-refractivity contribution is 5.79. The van der Waals surface area contributed by atoms with Crippen molar-refractivity contribution in [2.75, 3.05) is 27.7 Å². The molecule has 0 aliphatic rings. The molecule has 0 aliphatic heterocycles. The summed E-state index contributed by atoms with van der Waals surface area (Å²) >= 11 is 0. The maximum atomic E-state index is 13.2. The number of guanidine groups is 1. The number of ether oxygens (including phenoxy) is 1. The van der Waals surface area contributed by atoms with E-state index in [1.807, 2.05) is 19.0 Å². The molecule has 0 fully saturated rings. The third-order valence-electron chi connectivity index (χ3n) is 4.20. The van der Waals surface area contributed by atoms with Crippen molar-refractivity contribution in [1.82, 2.24) is 15.5 Å². The molecule has 152 valence electrons. The molecule has 2 aromatic rings. The third-order valence-corrected chi connectivity index (χ3v) is 4.20. The van der Waals surface area contributed by atoms with Gasteiger partial charge in [-0.3, -0.25) is 4.99 Å². The number of alkyl halides is 2. The zero-order valence-corrected chi connectivity index (χ0v) is 16.1. The molecule has 0 bridgehead atoms. The van der Waals surface area contributed by atoms with Crippen LogP contribution in [-0.2, 0) is 6.54 Å². The van der Waals surface area contributed by atoms with Crippen LogP contribution in [0.1, 0.15) is 17.2 Å². The predicted octanol–water partition coefficient (Wildman–Crippen LogP) is 3.40. The summed E-state index contributed by atoms with van der Waals surface area (Å²) in [5.74, 6) is 0.357. The highest BCUT2D eigenvalue weighted by atomic mass is 19.3. The Morgan fingerprint density at radius 3 is 2.36 bits per heavy atom. The van der Waals surface area contributed by atoms with E-state index in [-0.39, 0.29) is 24.2 Å². The molecule has 0 spiro atoms. The number of hydrogen-bond donors (Lipinski definition) is 2. The summed E-state index contributed by atoms with van der Waals surface area (Å²) in [7, 11) is 5.49. The fourth-order valence-electron chi connectivity index (χ4n) is 2.74. The van der Waals surface area contributed by atoms with E-state index in [4.69, 9.17) is 0 Å². The van der Waals surface area contributed by atoms with Gasteiger partial charge in [-0.15, -0.1) is 0 Å². The van der Waals surface area contributed by atoms with Crippen molar-refractivity contribution in [2.45, 2.75) is 19.2 Å². The first-order valence-electron chi connectivity index (χ1n) is 8.79. The molecule has 0 aliphatic carbocycles. The van der Waals surface area contributed by atoms with Gasteiger partial charge in [0.1, 0.15) is 11.6 Å². The number of hydrogen-bond acceptors (Lipinski definition) is 3. The first-order valence-corrected chi connectivity index (χ1v) is 8.79. The Hall–Kier alpha value is -2.74. The fourth-order valence-corrected chi connectivity index (χ4v) is 2.74. The van der Waals surface area contributed by atoms with Crippen molar-refractivity contribution in [2.24, 2.45) is 4.99 Å². The van der Waals surface area contributed by atoms with Gasteiger partial charge >= 0.3 is 6.61 Å². The van der Waals surface area contributed by atoms with E-state index in [1.165, 1.54) is 18.2 Å². The topological polar surface area (TPSA) is 48.9 Å². The largest absolute Gasteiger partial charge is 0.434 e. The van der Waals surface area contributed by atoms with Gasteiger partial charge in [-0.2, -0.15) is 8.78 Å². The van der Waals surface area contributed by atoms with E-state index in [0.717, 1.165) is 5.56 Å². The Bertz CT molecular complexity index is 766. The van der Waals surface area contributed by atoms with Crippen LogP contribution in [-0.4, -0.2) is 45.2 Å². The number of rotatable bonds is 8. The number of nitrogens with zero attached hydrogens (tertiary/aromatic N) is 2. The highest BCUT2D eigenvalue weighted by Crippen LogP contribution is 2.20. The second-order valence-electron chi connectivity index (χ2n) is 6.32. The number of para-hydroxylation sites is 1. The van der Waals surface area contributed by atoms with Crippen molar-refractivity contribution in [1.29, 1.82) is 0 Å². The lowest BCUT2D eigenvalue weighted by Crippen LogP contribution is -2.41. The van der Waals surface area contributed by atoms with E-state index in [2.05, 4.69) is 20.4 Å². The standard InChI is InChI=1S/C20H25F3N4O/c1-24-20(25-12-15-6-4-5-7-18(15)28-19(22)23)26-13-17(27(2)3)14-8-10-16(21)11-9-14/h4-11,17,19H,12-13H2,1-3H3,(H2,24,25,26). The highest BCUT2D eigenvalue weighted by Gasteiger charge is 2.15. The smallest absolute Gasteiger partial charge is 0.387 e. The lowest BCUT2D eigenvalue weighted by atomic mass is 10.1. The van der Waals surface area contributed by atoms with Crippen molar-refractivity contribution in [3.63, 3.8) is 0 Å². The van der Waals surface area contributed by atoms with Crippen LogP contribution in [0.25, 0.3) is 0 Å². The predicted molar refractivity (Wildman–Crippen MR) is 104 cm³/mol. The lowest BCUT2D eigenvalue weighted by molar-refractivity contribution is -0.0504. The van der Waals surface area contributed by atoms with Gasteiger partial charge in [0.05, 0.1) is 6.04 Å². The van der Waals surface area contributed by atoms with E-state index >= 15 is 0 Å². The van der Waals surface area contributed by atoms with Crippen LogP contribution in [0.4, 0.5) is 13.2 Å². The zero-order chi connectivity index (χ0) is 20.5. The summed E-state index contributed by atoms with van der Waals surface area (Å²) in [5, 5.41) is 6.30. The molecular formula is C20H25F3N4O. The number of benzene rings is 2. The van der Waals surface area contributed by atoms with Crippen LogP contribution in [0, 0.1) is 5.82 Å². The normalized spacial score (nSPS) is 12.9. The van der Waals surface area contributed by atoms with Gasteiger partial charge in [-0.25, -0.2) is 4.39 Å². The van der Waals surface area contributed by atoms with Gasteiger partial charge < -0.3 is 20.3 Å². The molecular weight excluding hydrogens is 369 g/mol. The van der Waals surface area contributed by atoms with Crippen molar-refractivity contribution in [3.8, 4) is 5.75 Å². The van der Waals surface area contributed by atoms with Gasteiger partial charge in [-0.1, -0.05) is 30.3 Å². The average molecular weight is 394 g/mol. The van der Waals surface area contributed by atoms with Gasteiger partial charge in [0, 0.05) is 25.7 Å². The molecule has 2 aromatic carbocycles. The summed E-state index contributed by atoms with van der Waals surface area (Å²) in [5.41, 5.74) is 1.55. The molecule has 0 aromatic heterocycles. The number of halogens is 3. The number of aliphatic imine (C=N–C) groups is 1. The molecule has 2 N–H and O–H groups in total. The number of nitrogens with one attached hydrogen (secondary N) is 2. The van der Waals surface area contributed by atoms with Crippen molar-refractivity contribution < 1.29 is 17.9 Å². The maximum Gasteiger partial charge on any atom is 0.387 e. The minimum Gasteiger partial charge on any atom is -0.434 e. The minimum atomic E-state index is -2.88. The van der Waals surface area contributed by atoms with Crippen molar-refractivity contribution in [3.05, 3.63) is 65.5 Å². The molecule has 0 amide bonds. The van der Waals surface area contributed by atoms with Gasteiger partial charge in [0.25, 0.3) is 0 Å². The molecule has 0 saturated carbocycles. The van der Waals surface area contributed by atoms with Gasteiger partial charge in [0.2, 0.25) is 0 Å². The molecule has 0 saturated heterocycles. The van der Waals surface area contributed by atoms with E-state index in [9.17, 15) is 13.2 Å². The molecule has 28 heavy (non-hydrogen) atoms. The molecule has 1 unspecified atom stereocenters. The molecule has 0 radical (unpaired) electrons. The lowest BCUT2D eigenvalue weighted by Gasteiger charge is -2.26. The Kier molecular flexibility index (Phi) is 8.13. The van der Waals surface area contributed by atoms with Gasteiger partial charge in [0.15, 0.2) is 5.96 Å². The quantitative estimate of drug-likeness (QED) is 0.532. The monoisotopic (exact) mass is 394 g/mol. The first kappa shape index (κ1) is 21.6. The first-order chi connectivity index (χ1) is 13.4. The fraction of sp³-hybridized carbons (Fsp3) is 0.350. The van der Waals surface area contributed by atoms with Crippen LogP contribution in [0.5, 0.6) is 5.75 Å². The molecule has 0 heterocycles. The molecule has 5 nitrogen and oxygen atoms in total. The van der Waals surface area contributed by atoms with E-state index < -0.39 is 6.61 Å². The molecule has 8 heteroatoms. The third kappa shape index (κ3) is 6.45. The van der Waals surface area contributed by atoms with Crippen molar-refractivity contribution >= 4 is 5.96 Å². The Morgan fingerprint density at radius 1 is 1.07 bits per heavy atom. The summed E-state index contributed by atoms with van der Waals surface area (Å²) in [4.78, 5) is 6.17. The van der Waals surface area contributed by atoms with E-state index in [1.54, 1.807) is 37.4 Å². The Balaban J connectivity index is 1.98. The average Bonchev–Trinajstić information content (AvgIpc) is 2.66. The molecule has 1 atom stereocenters. The Morgan fingerprint density at radius 2 is 1.75 bits per heavy atom. The summed E-state index contributed by atoms with van der Waals surface area (Å²) in [6.45, 7) is -2.09.